The summed E-state index contributed by atoms with van der Waals surface area (Å²) >= 11 is 3.58. The van der Waals surface area contributed by atoms with Gasteiger partial charge in [0.05, 0.1) is 16.4 Å². The SMILES string of the molecule is Oc1cccc(O)c1CN1CCCC(c2cc(NCc3cccnc3)n3ncc(Br)c3n2)C1. The maximum absolute atomic E-state index is 10.2. The van der Waals surface area contributed by atoms with Gasteiger partial charge in [0.1, 0.15) is 17.3 Å². The minimum atomic E-state index is 0.127. The second kappa shape index (κ2) is 9.36. The maximum atomic E-state index is 10.2. The number of fused-ring (bicyclic) bond motifs is 1. The number of likely N-dealkylation sites (tertiary alicyclic amines) is 1. The lowest BCUT2D eigenvalue weighted by molar-refractivity contribution is 0.194. The second-order valence-corrected chi connectivity index (χ2v) is 9.21. The molecule has 0 spiro atoms. The van der Waals surface area contributed by atoms with Gasteiger partial charge in [-0.2, -0.15) is 9.61 Å². The van der Waals surface area contributed by atoms with Gasteiger partial charge in [-0.25, -0.2) is 4.98 Å². The maximum Gasteiger partial charge on any atom is 0.171 e. The number of aromatic nitrogens is 4. The van der Waals surface area contributed by atoms with Crippen LogP contribution in [0.5, 0.6) is 11.5 Å². The van der Waals surface area contributed by atoms with Gasteiger partial charge in [-0.1, -0.05) is 12.1 Å². The van der Waals surface area contributed by atoms with Gasteiger partial charge in [0.15, 0.2) is 5.65 Å². The average molecular weight is 509 g/mol. The van der Waals surface area contributed by atoms with Crippen LogP contribution in [0.1, 0.15) is 35.6 Å². The smallest absolute Gasteiger partial charge is 0.171 e. The minimum absolute atomic E-state index is 0.127. The van der Waals surface area contributed by atoms with Gasteiger partial charge in [0, 0.05) is 49.6 Å². The number of benzene rings is 1. The number of nitrogens with one attached hydrogen (secondary N) is 1. The van der Waals surface area contributed by atoms with Crippen LogP contribution < -0.4 is 5.32 Å². The van der Waals surface area contributed by atoms with E-state index in [4.69, 9.17) is 4.98 Å². The summed E-state index contributed by atoms with van der Waals surface area (Å²) in [7, 11) is 0. The second-order valence-electron chi connectivity index (χ2n) is 8.36. The van der Waals surface area contributed by atoms with E-state index in [1.807, 2.05) is 22.8 Å². The summed E-state index contributed by atoms with van der Waals surface area (Å²) in [5.74, 6) is 1.36. The summed E-state index contributed by atoms with van der Waals surface area (Å²) < 4.78 is 2.66. The quantitative estimate of drug-likeness (QED) is 0.357. The van der Waals surface area contributed by atoms with Gasteiger partial charge in [-0.05, 0) is 59.1 Å². The van der Waals surface area contributed by atoms with Crippen molar-refractivity contribution in [3.8, 4) is 11.5 Å². The van der Waals surface area contributed by atoms with Gasteiger partial charge in [0.2, 0.25) is 0 Å². The van der Waals surface area contributed by atoms with Crippen LogP contribution >= 0.6 is 15.9 Å². The Morgan fingerprint density at radius 3 is 2.76 bits per heavy atom. The molecule has 3 N–H and O–H groups in total. The lowest BCUT2D eigenvalue weighted by Crippen LogP contribution is -2.34. The van der Waals surface area contributed by atoms with E-state index in [1.54, 1.807) is 30.6 Å². The van der Waals surface area contributed by atoms with Gasteiger partial charge < -0.3 is 15.5 Å². The number of phenols is 2. The molecule has 1 fully saturated rings. The standard InChI is InChI=1S/C24H25BrN6O2/c25-19-13-28-31-23(27-12-16-4-2-8-26-11-16)10-20(29-24(19)31)17-5-3-9-30(14-17)15-18-21(32)6-1-7-22(18)33/h1-2,4,6-8,10-11,13,17,27,32-33H,3,5,9,12,14-15H2. The molecule has 0 aliphatic carbocycles. The van der Waals surface area contributed by atoms with E-state index in [2.05, 4.69) is 42.3 Å². The van der Waals surface area contributed by atoms with Gasteiger partial charge in [-0.3, -0.25) is 9.88 Å². The molecule has 9 heteroatoms. The van der Waals surface area contributed by atoms with Gasteiger partial charge in [0.25, 0.3) is 0 Å². The largest absolute Gasteiger partial charge is 0.507 e. The van der Waals surface area contributed by atoms with Crippen molar-refractivity contribution in [1.29, 1.82) is 0 Å². The molecule has 1 saturated heterocycles. The third kappa shape index (κ3) is 4.65. The van der Waals surface area contributed by atoms with E-state index in [1.165, 1.54) is 0 Å². The predicted molar refractivity (Wildman–Crippen MR) is 129 cm³/mol. The lowest BCUT2D eigenvalue weighted by atomic mass is 9.94. The highest BCUT2D eigenvalue weighted by atomic mass is 79.9. The van der Waals surface area contributed by atoms with Crippen LogP contribution in [0.4, 0.5) is 5.82 Å². The third-order valence-corrected chi connectivity index (χ3v) is 6.64. The molecule has 8 nitrogen and oxygen atoms in total. The highest BCUT2D eigenvalue weighted by Gasteiger charge is 2.25. The highest BCUT2D eigenvalue weighted by Crippen LogP contribution is 2.33. The predicted octanol–water partition coefficient (Wildman–Crippen LogP) is 4.29. The molecule has 0 bridgehead atoms. The van der Waals surface area contributed by atoms with Crippen LogP contribution in [-0.2, 0) is 13.1 Å². The fraction of sp³-hybridized carbons (Fsp3) is 0.292. The van der Waals surface area contributed by atoms with Crippen LogP contribution in [0, 0.1) is 0 Å². The van der Waals surface area contributed by atoms with Crippen molar-refractivity contribution in [3.63, 3.8) is 0 Å². The summed E-state index contributed by atoms with van der Waals surface area (Å²) in [6, 6.07) is 10.9. The Hall–Kier alpha value is -3.17. The van der Waals surface area contributed by atoms with E-state index in [0.717, 1.165) is 53.1 Å². The van der Waals surface area contributed by atoms with Crippen LogP contribution in [-0.4, -0.2) is 47.8 Å². The molecule has 1 atom stereocenters. The van der Waals surface area contributed by atoms with Gasteiger partial charge >= 0.3 is 0 Å². The fourth-order valence-electron chi connectivity index (χ4n) is 4.37. The molecule has 4 heterocycles. The van der Waals surface area contributed by atoms with E-state index in [9.17, 15) is 10.2 Å². The van der Waals surface area contributed by atoms with E-state index in [-0.39, 0.29) is 17.4 Å². The highest BCUT2D eigenvalue weighted by molar-refractivity contribution is 9.10. The molecule has 0 radical (unpaired) electrons. The number of hydrogen-bond donors (Lipinski definition) is 3. The average Bonchev–Trinajstić information content (AvgIpc) is 3.21. The summed E-state index contributed by atoms with van der Waals surface area (Å²) in [5.41, 5.74) is 3.43. The van der Waals surface area contributed by atoms with Crippen LogP contribution in [0.2, 0.25) is 0 Å². The monoisotopic (exact) mass is 508 g/mol. The Morgan fingerprint density at radius 1 is 1.12 bits per heavy atom. The molecule has 1 unspecified atom stereocenters. The molecule has 170 valence electrons. The first-order valence-corrected chi connectivity index (χ1v) is 11.8. The number of anilines is 1. The van der Waals surface area contributed by atoms with Crippen molar-refractivity contribution in [2.75, 3.05) is 18.4 Å². The first-order chi connectivity index (χ1) is 16.1. The number of piperidine rings is 1. The van der Waals surface area contributed by atoms with E-state index >= 15 is 0 Å². The van der Waals surface area contributed by atoms with Crippen molar-refractivity contribution < 1.29 is 10.2 Å². The number of hydrogen-bond acceptors (Lipinski definition) is 7. The Balaban J connectivity index is 1.39. The molecule has 5 rings (SSSR count). The summed E-state index contributed by atoms with van der Waals surface area (Å²) in [4.78, 5) is 11.4. The number of aromatic hydroxyl groups is 2. The Labute approximate surface area is 200 Å². The van der Waals surface area contributed by atoms with Gasteiger partial charge in [-0.15, -0.1) is 0 Å². The number of nitrogens with zero attached hydrogens (tertiary/aromatic N) is 5. The normalized spacial score (nSPS) is 16.8. The summed E-state index contributed by atoms with van der Waals surface area (Å²) in [6.07, 6.45) is 7.42. The Kier molecular flexibility index (Phi) is 6.15. The van der Waals surface area contributed by atoms with Crippen LogP contribution in [0.15, 0.2) is 59.5 Å². The van der Waals surface area contributed by atoms with Crippen molar-refractivity contribution in [2.24, 2.45) is 0 Å². The summed E-state index contributed by atoms with van der Waals surface area (Å²) in [5, 5.41) is 28.3. The molecule has 0 amide bonds. The zero-order chi connectivity index (χ0) is 22.8. The zero-order valence-electron chi connectivity index (χ0n) is 18.0. The Bertz CT molecular complexity index is 1240. The van der Waals surface area contributed by atoms with Crippen LogP contribution in [0.25, 0.3) is 5.65 Å². The molecule has 1 aliphatic rings. The van der Waals surface area contributed by atoms with Crippen LogP contribution in [0.3, 0.4) is 0 Å². The summed E-state index contributed by atoms with van der Waals surface area (Å²) in [6.45, 7) is 2.84. The number of halogens is 1. The molecule has 3 aromatic heterocycles. The van der Waals surface area contributed by atoms with E-state index < -0.39 is 0 Å². The topological polar surface area (TPSA) is 98.8 Å². The molecule has 4 aromatic rings. The third-order valence-electron chi connectivity index (χ3n) is 6.08. The molecular formula is C24H25BrN6O2. The molecule has 1 aliphatic heterocycles. The minimum Gasteiger partial charge on any atom is -0.507 e. The van der Waals surface area contributed by atoms with Crippen molar-refractivity contribution in [1.82, 2.24) is 24.5 Å². The lowest BCUT2D eigenvalue weighted by Gasteiger charge is -2.33. The fourth-order valence-corrected chi connectivity index (χ4v) is 4.72. The Morgan fingerprint density at radius 2 is 1.97 bits per heavy atom. The van der Waals surface area contributed by atoms with Crippen molar-refractivity contribution >= 4 is 27.4 Å². The zero-order valence-corrected chi connectivity index (χ0v) is 19.6. The van der Waals surface area contributed by atoms with Crippen molar-refractivity contribution in [2.45, 2.75) is 31.8 Å². The van der Waals surface area contributed by atoms with Crippen molar-refractivity contribution in [3.05, 3.63) is 76.3 Å². The molecular weight excluding hydrogens is 484 g/mol. The first kappa shape index (κ1) is 21.7. The van der Waals surface area contributed by atoms with E-state index in [0.29, 0.717) is 18.7 Å². The molecule has 0 saturated carbocycles. The number of rotatable bonds is 6. The number of pyridine rings is 1. The molecule has 33 heavy (non-hydrogen) atoms. The molecule has 1 aromatic carbocycles. The first-order valence-electron chi connectivity index (χ1n) is 11.0. The number of phenolic OH excluding ortho intramolecular Hbond substituents is 2.